The van der Waals surface area contributed by atoms with Gasteiger partial charge in [0.2, 0.25) is 0 Å². The number of carbonyl (C=O) groups excluding carboxylic acids is 2. The van der Waals surface area contributed by atoms with Gasteiger partial charge >= 0.3 is 0 Å². The standard InChI is InChI=1S/C23H17NO2/c1-2-7-16-15-9-4-3-8-14(15)12-24-13-19-20(21(16)24)23(26)18-11-6-5-10-17(18)22(19)25/h2-6,8-11,13,16H,1,7,12H2. The zero-order chi connectivity index (χ0) is 17.8. The number of fused-ring (bicyclic) bond motifs is 5. The lowest BCUT2D eigenvalue weighted by molar-refractivity contribution is 0.0979. The summed E-state index contributed by atoms with van der Waals surface area (Å²) in [5.41, 5.74) is 5.53. The molecular formula is C23H17NO2. The Bertz CT molecular complexity index is 1100. The smallest absolute Gasteiger partial charge is 0.196 e. The summed E-state index contributed by atoms with van der Waals surface area (Å²) in [6, 6.07) is 15.4. The Morgan fingerprint density at radius 2 is 1.65 bits per heavy atom. The SMILES string of the molecule is C=CCC1c2ccccc2Cn2cc3c(c21)C(=O)c1ccccc1C3=O. The summed E-state index contributed by atoms with van der Waals surface area (Å²) >= 11 is 0. The maximum atomic E-state index is 13.3. The van der Waals surface area contributed by atoms with Gasteiger partial charge in [0, 0.05) is 35.5 Å². The summed E-state index contributed by atoms with van der Waals surface area (Å²) in [6.07, 6.45) is 4.49. The van der Waals surface area contributed by atoms with E-state index < -0.39 is 0 Å². The normalized spacial score (nSPS) is 17.2. The molecule has 0 spiro atoms. The highest BCUT2D eigenvalue weighted by atomic mass is 16.1. The van der Waals surface area contributed by atoms with Gasteiger partial charge in [-0.25, -0.2) is 0 Å². The average Bonchev–Trinajstić information content (AvgIpc) is 3.06. The monoisotopic (exact) mass is 339 g/mol. The summed E-state index contributed by atoms with van der Waals surface area (Å²) in [4.78, 5) is 26.3. The predicted molar refractivity (Wildman–Crippen MR) is 99.9 cm³/mol. The second-order valence-electron chi connectivity index (χ2n) is 6.91. The van der Waals surface area contributed by atoms with Crippen LogP contribution < -0.4 is 0 Å². The van der Waals surface area contributed by atoms with E-state index in [1.807, 2.05) is 30.5 Å². The van der Waals surface area contributed by atoms with E-state index in [0.29, 0.717) is 28.8 Å². The molecule has 2 aromatic carbocycles. The number of benzene rings is 2. The maximum absolute atomic E-state index is 13.3. The number of allylic oxidation sites excluding steroid dienone is 1. The second kappa shape index (κ2) is 5.40. The van der Waals surface area contributed by atoms with Crippen LogP contribution in [0.3, 0.4) is 0 Å². The van der Waals surface area contributed by atoms with E-state index >= 15 is 0 Å². The number of ketones is 2. The van der Waals surface area contributed by atoms with Crippen molar-refractivity contribution in [2.24, 2.45) is 0 Å². The van der Waals surface area contributed by atoms with Gasteiger partial charge < -0.3 is 4.57 Å². The van der Waals surface area contributed by atoms with Gasteiger partial charge in [-0.2, -0.15) is 0 Å². The summed E-state index contributed by atoms with van der Waals surface area (Å²) in [5, 5.41) is 0. The third-order valence-electron chi connectivity index (χ3n) is 5.51. The van der Waals surface area contributed by atoms with Crippen LogP contribution in [0.4, 0.5) is 0 Å². The summed E-state index contributed by atoms with van der Waals surface area (Å²) in [6.45, 7) is 4.59. The van der Waals surface area contributed by atoms with E-state index in [1.165, 1.54) is 11.1 Å². The third-order valence-corrected chi connectivity index (χ3v) is 5.51. The number of hydrogen-bond acceptors (Lipinski definition) is 2. The van der Waals surface area contributed by atoms with E-state index in [-0.39, 0.29) is 17.5 Å². The molecular weight excluding hydrogens is 322 g/mol. The molecule has 1 unspecified atom stereocenters. The quantitative estimate of drug-likeness (QED) is 0.510. The molecule has 0 bridgehead atoms. The molecule has 26 heavy (non-hydrogen) atoms. The van der Waals surface area contributed by atoms with Gasteiger partial charge in [0.05, 0.1) is 11.1 Å². The third kappa shape index (κ3) is 1.88. The number of hydrogen-bond donors (Lipinski definition) is 0. The van der Waals surface area contributed by atoms with Gasteiger partial charge in [-0.3, -0.25) is 9.59 Å². The predicted octanol–water partition coefficient (Wildman–Crippen LogP) is 4.33. The Hall–Kier alpha value is -3.20. The molecule has 0 saturated heterocycles. The van der Waals surface area contributed by atoms with E-state index in [0.717, 1.165) is 12.1 Å². The van der Waals surface area contributed by atoms with Gasteiger partial charge in [0.15, 0.2) is 11.6 Å². The van der Waals surface area contributed by atoms with Crippen molar-refractivity contribution >= 4 is 11.6 Å². The number of rotatable bonds is 2. The van der Waals surface area contributed by atoms with Gasteiger partial charge in [-0.1, -0.05) is 54.6 Å². The molecule has 0 saturated carbocycles. The van der Waals surface area contributed by atoms with Crippen molar-refractivity contribution in [2.45, 2.75) is 18.9 Å². The molecule has 0 radical (unpaired) electrons. The van der Waals surface area contributed by atoms with Gasteiger partial charge in [0.25, 0.3) is 0 Å². The summed E-state index contributed by atoms with van der Waals surface area (Å²) in [5.74, 6) is -0.0564. The lowest BCUT2D eigenvalue weighted by atomic mass is 9.79. The minimum atomic E-state index is -0.0569. The van der Waals surface area contributed by atoms with Gasteiger partial charge in [-0.05, 0) is 17.5 Å². The Balaban J connectivity index is 1.78. The Kier molecular flexibility index (Phi) is 3.13. The van der Waals surface area contributed by atoms with Crippen molar-refractivity contribution in [2.75, 3.05) is 0 Å². The Morgan fingerprint density at radius 1 is 0.962 bits per heavy atom. The highest BCUT2D eigenvalue weighted by Crippen LogP contribution is 2.42. The zero-order valence-electron chi connectivity index (χ0n) is 14.2. The molecule has 2 heterocycles. The molecule has 0 amide bonds. The first-order valence-corrected chi connectivity index (χ1v) is 8.81. The van der Waals surface area contributed by atoms with Crippen LogP contribution in [-0.2, 0) is 6.54 Å². The van der Waals surface area contributed by atoms with E-state index in [4.69, 9.17) is 0 Å². The zero-order valence-corrected chi connectivity index (χ0v) is 14.2. The van der Waals surface area contributed by atoms with Crippen LogP contribution in [0, 0.1) is 0 Å². The van der Waals surface area contributed by atoms with Gasteiger partial charge in [-0.15, -0.1) is 6.58 Å². The molecule has 1 atom stereocenters. The molecule has 1 aliphatic heterocycles. The molecule has 3 nitrogen and oxygen atoms in total. The van der Waals surface area contributed by atoms with E-state index in [1.54, 1.807) is 18.2 Å². The van der Waals surface area contributed by atoms with Crippen LogP contribution in [-0.4, -0.2) is 16.1 Å². The molecule has 0 fully saturated rings. The molecule has 3 heteroatoms. The highest BCUT2D eigenvalue weighted by Gasteiger charge is 2.38. The van der Waals surface area contributed by atoms with E-state index in [9.17, 15) is 9.59 Å². The van der Waals surface area contributed by atoms with Crippen LogP contribution in [0.2, 0.25) is 0 Å². The Labute approximate surface area is 151 Å². The second-order valence-corrected chi connectivity index (χ2v) is 6.91. The van der Waals surface area contributed by atoms with Gasteiger partial charge in [0.1, 0.15) is 0 Å². The lowest BCUT2D eigenvalue weighted by Gasteiger charge is -2.28. The number of carbonyl (C=O) groups is 2. The minimum absolute atomic E-state index is 0.0441. The average molecular weight is 339 g/mol. The number of nitrogens with zero attached hydrogens (tertiary/aromatic N) is 1. The molecule has 0 N–H and O–H groups in total. The minimum Gasteiger partial charge on any atom is -0.345 e. The molecule has 2 aliphatic rings. The van der Waals surface area contributed by atoms with Crippen molar-refractivity contribution in [3.63, 3.8) is 0 Å². The van der Waals surface area contributed by atoms with Crippen LogP contribution in [0.15, 0.2) is 67.4 Å². The van der Waals surface area contributed by atoms with Crippen LogP contribution in [0.5, 0.6) is 0 Å². The van der Waals surface area contributed by atoms with Crippen LogP contribution in [0.25, 0.3) is 0 Å². The molecule has 126 valence electrons. The largest absolute Gasteiger partial charge is 0.345 e. The van der Waals surface area contributed by atoms with Crippen LogP contribution in [0.1, 0.15) is 61.0 Å². The molecule has 1 aromatic heterocycles. The molecule has 1 aliphatic carbocycles. The summed E-state index contributed by atoms with van der Waals surface area (Å²) < 4.78 is 2.09. The Morgan fingerprint density at radius 3 is 2.42 bits per heavy atom. The highest BCUT2D eigenvalue weighted by molar-refractivity contribution is 6.29. The molecule has 5 rings (SSSR count). The fourth-order valence-corrected chi connectivity index (χ4v) is 4.40. The fraction of sp³-hybridized carbons (Fsp3) is 0.130. The summed E-state index contributed by atoms with van der Waals surface area (Å²) in [7, 11) is 0. The first-order chi connectivity index (χ1) is 12.7. The number of aromatic nitrogens is 1. The van der Waals surface area contributed by atoms with Crippen molar-refractivity contribution in [3.05, 3.63) is 106 Å². The van der Waals surface area contributed by atoms with Crippen molar-refractivity contribution in [1.29, 1.82) is 0 Å². The maximum Gasteiger partial charge on any atom is 0.196 e. The molecule has 3 aromatic rings. The fourth-order valence-electron chi connectivity index (χ4n) is 4.40. The van der Waals surface area contributed by atoms with E-state index in [2.05, 4.69) is 23.3 Å². The lowest BCUT2D eigenvalue weighted by Crippen LogP contribution is -2.23. The van der Waals surface area contributed by atoms with Crippen molar-refractivity contribution in [3.8, 4) is 0 Å². The van der Waals surface area contributed by atoms with Crippen molar-refractivity contribution < 1.29 is 9.59 Å². The van der Waals surface area contributed by atoms with Crippen LogP contribution >= 0.6 is 0 Å². The van der Waals surface area contributed by atoms with Crippen molar-refractivity contribution in [1.82, 2.24) is 4.57 Å². The first-order valence-electron chi connectivity index (χ1n) is 8.81. The topological polar surface area (TPSA) is 39.1 Å². The first kappa shape index (κ1) is 15.1.